The summed E-state index contributed by atoms with van der Waals surface area (Å²) >= 11 is 3.58. The molecule has 0 aromatic carbocycles. The molecular weight excluding hydrogens is 264 g/mol. The molecule has 1 aromatic heterocycles. The maximum atomic E-state index is 4.49. The van der Waals surface area contributed by atoms with Crippen LogP contribution in [0.2, 0.25) is 0 Å². The zero-order valence-electron chi connectivity index (χ0n) is 10.3. The van der Waals surface area contributed by atoms with Crippen LogP contribution in [0.15, 0.2) is 22.8 Å². The molecule has 1 rings (SSSR count). The second kappa shape index (κ2) is 7.02. The van der Waals surface area contributed by atoms with E-state index in [1.807, 2.05) is 12.3 Å². The molecule has 16 heavy (non-hydrogen) atoms. The van der Waals surface area contributed by atoms with Gasteiger partial charge >= 0.3 is 0 Å². The normalized spacial score (nSPS) is 14.8. The van der Waals surface area contributed by atoms with E-state index in [0.29, 0.717) is 12.0 Å². The molecule has 1 heterocycles. The Kier molecular flexibility index (Phi) is 5.99. The van der Waals surface area contributed by atoms with E-state index in [1.165, 1.54) is 12.8 Å². The summed E-state index contributed by atoms with van der Waals surface area (Å²) in [6.45, 7) is 7.63. The number of aromatic nitrogens is 1. The Hall–Kier alpha value is -0.410. The Labute approximate surface area is 107 Å². The zero-order chi connectivity index (χ0) is 12.0. The van der Waals surface area contributed by atoms with Gasteiger partial charge in [0, 0.05) is 10.7 Å². The van der Waals surface area contributed by atoms with Crippen LogP contribution >= 0.6 is 15.9 Å². The van der Waals surface area contributed by atoms with E-state index in [-0.39, 0.29) is 0 Å². The molecule has 0 aliphatic carbocycles. The summed E-state index contributed by atoms with van der Waals surface area (Å²) in [5.74, 6) is 0.608. The molecule has 2 unspecified atom stereocenters. The molecule has 0 aliphatic heterocycles. The lowest BCUT2D eigenvalue weighted by Crippen LogP contribution is -2.28. The van der Waals surface area contributed by atoms with Gasteiger partial charge in [-0.15, -0.1) is 0 Å². The lowest BCUT2D eigenvalue weighted by molar-refractivity contribution is 0.361. The molecule has 1 N–H and O–H groups in total. The van der Waals surface area contributed by atoms with Gasteiger partial charge in [-0.1, -0.05) is 27.2 Å². The van der Waals surface area contributed by atoms with Crippen LogP contribution in [-0.4, -0.2) is 11.5 Å². The average molecular weight is 285 g/mol. The van der Waals surface area contributed by atoms with Crippen LogP contribution in [0, 0.1) is 5.92 Å². The van der Waals surface area contributed by atoms with E-state index in [0.717, 1.165) is 16.7 Å². The van der Waals surface area contributed by atoms with Crippen LogP contribution in [0.25, 0.3) is 0 Å². The van der Waals surface area contributed by atoms with Gasteiger partial charge < -0.3 is 5.32 Å². The monoisotopic (exact) mass is 284 g/mol. The molecule has 0 radical (unpaired) electrons. The van der Waals surface area contributed by atoms with Gasteiger partial charge in [0.2, 0.25) is 0 Å². The maximum Gasteiger partial charge on any atom is 0.0717 e. The van der Waals surface area contributed by atoms with Crippen LogP contribution in [0.1, 0.15) is 45.3 Å². The third-order valence-electron chi connectivity index (χ3n) is 2.82. The molecule has 3 heteroatoms. The topological polar surface area (TPSA) is 24.9 Å². The Morgan fingerprint density at radius 1 is 1.44 bits per heavy atom. The van der Waals surface area contributed by atoms with Crippen molar-refractivity contribution >= 4 is 15.9 Å². The summed E-state index contributed by atoms with van der Waals surface area (Å²) in [5, 5.41) is 3.53. The van der Waals surface area contributed by atoms with Crippen molar-refractivity contribution in [1.29, 1.82) is 0 Å². The zero-order valence-corrected chi connectivity index (χ0v) is 11.9. The van der Waals surface area contributed by atoms with Gasteiger partial charge in [-0.2, -0.15) is 0 Å². The molecule has 0 saturated heterocycles. The molecular formula is C13H21BrN2. The highest BCUT2D eigenvalue weighted by Gasteiger charge is 2.20. The van der Waals surface area contributed by atoms with Crippen molar-refractivity contribution in [2.75, 3.05) is 6.54 Å². The standard InChI is InChI=1S/C13H21BrN2/c1-4-7-10(3)12(15-5-2)13-11(14)8-6-9-16-13/h6,8-10,12,15H,4-5,7H2,1-3H3. The molecule has 0 fully saturated rings. The average Bonchev–Trinajstić information content (AvgIpc) is 2.27. The summed E-state index contributed by atoms with van der Waals surface area (Å²) in [6, 6.07) is 4.37. The summed E-state index contributed by atoms with van der Waals surface area (Å²) in [4.78, 5) is 4.49. The van der Waals surface area contributed by atoms with Gasteiger partial charge in [-0.3, -0.25) is 4.98 Å². The molecule has 90 valence electrons. The number of pyridine rings is 1. The first-order valence-electron chi connectivity index (χ1n) is 6.04. The maximum absolute atomic E-state index is 4.49. The molecule has 0 spiro atoms. The predicted molar refractivity (Wildman–Crippen MR) is 72.4 cm³/mol. The van der Waals surface area contributed by atoms with Crippen molar-refractivity contribution in [3.63, 3.8) is 0 Å². The van der Waals surface area contributed by atoms with Gasteiger partial charge in [-0.05, 0) is 46.9 Å². The predicted octanol–water partition coefficient (Wildman–Crippen LogP) is 3.93. The van der Waals surface area contributed by atoms with E-state index in [2.05, 4.69) is 53.1 Å². The van der Waals surface area contributed by atoms with Crippen molar-refractivity contribution in [3.05, 3.63) is 28.5 Å². The third kappa shape index (κ3) is 3.56. The highest BCUT2D eigenvalue weighted by atomic mass is 79.9. The van der Waals surface area contributed by atoms with Crippen molar-refractivity contribution in [3.8, 4) is 0 Å². The van der Waals surface area contributed by atoms with E-state index >= 15 is 0 Å². The van der Waals surface area contributed by atoms with Gasteiger partial charge in [0.25, 0.3) is 0 Å². The van der Waals surface area contributed by atoms with Crippen molar-refractivity contribution in [1.82, 2.24) is 10.3 Å². The van der Waals surface area contributed by atoms with Gasteiger partial charge in [0.15, 0.2) is 0 Å². The highest BCUT2D eigenvalue weighted by Crippen LogP contribution is 2.28. The highest BCUT2D eigenvalue weighted by molar-refractivity contribution is 9.10. The molecule has 1 aromatic rings. The number of hydrogen-bond donors (Lipinski definition) is 1. The first-order chi connectivity index (χ1) is 7.70. The second-order valence-corrected chi connectivity index (χ2v) is 5.03. The Morgan fingerprint density at radius 3 is 2.75 bits per heavy atom. The number of hydrogen-bond acceptors (Lipinski definition) is 2. The molecule has 2 atom stereocenters. The quantitative estimate of drug-likeness (QED) is 0.856. The first-order valence-corrected chi connectivity index (χ1v) is 6.83. The lowest BCUT2D eigenvalue weighted by Gasteiger charge is -2.24. The minimum Gasteiger partial charge on any atom is -0.309 e. The largest absolute Gasteiger partial charge is 0.309 e. The molecule has 0 amide bonds. The fraction of sp³-hybridized carbons (Fsp3) is 0.615. The second-order valence-electron chi connectivity index (χ2n) is 4.17. The Bertz CT molecular complexity index is 315. The number of halogens is 1. The Balaban J connectivity index is 2.88. The summed E-state index contributed by atoms with van der Waals surface area (Å²) in [5.41, 5.74) is 1.13. The Morgan fingerprint density at radius 2 is 2.19 bits per heavy atom. The number of nitrogens with zero attached hydrogens (tertiary/aromatic N) is 1. The van der Waals surface area contributed by atoms with Crippen LogP contribution in [-0.2, 0) is 0 Å². The van der Waals surface area contributed by atoms with Gasteiger partial charge in [0.1, 0.15) is 0 Å². The van der Waals surface area contributed by atoms with Crippen molar-refractivity contribution in [2.45, 2.75) is 39.7 Å². The third-order valence-corrected chi connectivity index (χ3v) is 3.49. The first kappa shape index (κ1) is 13.7. The van der Waals surface area contributed by atoms with E-state index in [9.17, 15) is 0 Å². The minimum absolute atomic E-state index is 0.348. The molecule has 2 nitrogen and oxygen atoms in total. The molecule has 0 bridgehead atoms. The van der Waals surface area contributed by atoms with Gasteiger partial charge in [0.05, 0.1) is 11.7 Å². The van der Waals surface area contributed by atoms with E-state index in [4.69, 9.17) is 0 Å². The summed E-state index contributed by atoms with van der Waals surface area (Å²) < 4.78 is 1.10. The lowest BCUT2D eigenvalue weighted by atomic mass is 9.94. The summed E-state index contributed by atoms with van der Waals surface area (Å²) in [6.07, 6.45) is 4.30. The smallest absolute Gasteiger partial charge is 0.0717 e. The van der Waals surface area contributed by atoms with Crippen molar-refractivity contribution < 1.29 is 0 Å². The SMILES string of the molecule is CCCC(C)C(NCC)c1ncccc1Br. The van der Waals surface area contributed by atoms with Crippen LogP contribution in [0.4, 0.5) is 0 Å². The van der Waals surface area contributed by atoms with Crippen LogP contribution in [0.5, 0.6) is 0 Å². The number of nitrogens with one attached hydrogen (secondary N) is 1. The van der Waals surface area contributed by atoms with E-state index < -0.39 is 0 Å². The number of rotatable bonds is 6. The summed E-state index contributed by atoms with van der Waals surface area (Å²) in [7, 11) is 0. The molecule has 0 aliphatic rings. The van der Waals surface area contributed by atoms with Crippen LogP contribution < -0.4 is 5.32 Å². The van der Waals surface area contributed by atoms with Gasteiger partial charge in [-0.25, -0.2) is 0 Å². The fourth-order valence-electron chi connectivity index (χ4n) is 2.04. The fourth-order valence-corrected chi connectivity index (χ4v) is 2.54. The van der Waals surface area contributed by atoms with E-state index in [1.54, 1.807) is 0 Å². The molecule has 0 saturated carbocycles. The van der Waals surface area contributed by atoms with Crippen molar-refractivity contribution in [2.24, 2.45) is 5.92 Å². The van der Waals surface area contributed by atoms with Crippen LogP contribution in [0.3, 0.4) is 0 Å². The minimum atomic E-state index is 0.348.